The lowest BCUT2D eigenvalue weighted by Crippen LogP contribution is -2.37. The Morgan fingerprint density at radius 2 is 1.35 bits per heavy atom. The molecule has 0 fully saturated rings. The number of Topliss-reactive ketones (excluding diaryl/α,β-unsaturated/α-hetero) is 2. The number of hydrogen-bond donors (Lipinski definition) is 0. The lowest BCUT2D eigenvalue weighted by molar-refractivity contribution is -0.120. The van der Waals surface area contributed by atoms with E-state index in [-0.39, 0.29) is 22.4 Å². The molecule has 1 heterocycles. The van der Waals surface area contributed by atoms with Crippen LogP contribution < -0.4 is 4.74 Å². The van der Waals surface area contributed by atoms with E-state index in [4.69, 9.17) is 9.47 Å². The summed E-state index contributed by atoms with van der Waals surface area (Å²) in [6.07, 6.45) is 2.14. The number of halogens is 3. The Labute approximate surface area is 243 Å². The second-order valence-corrected chi connectivity index (χ2v) is 14.5. The Kier molecular flexibility index (Phi) is 7.12. The zero-order valence-corrected chi connectivity index (χ0v) is 26.1. The van der Waals surface area contributed by atoms with E-state index in [1.54, 1.807) is 0 Å². The molecule has 37 heavy (non-hydrogen) atoms. The predicted octanol–water partition coefficient (Wildman–Crippen LogP) is 8.95. The first-order valence-electron chi connectivity index (χ1n) is 12.4. The molecular formula is C30H29Br3O4. The van der Waals surface area contributed by atoms with Crippen LogP contribution in [0.5, 0.6) is 5.75 Å². The Hall–Kier alpha value is -1.70. The SMILES string of the molecule is CC1(C)CC(=O)C2=C(C1)OC1=C(C(=O)CC(C)(C)C1)C2c1cc(Br)cc(Br)c1OCc1ccc(Br)cc1. The molecule has 0 aromatic heterocycles. The maximum atomic E-state index is 13.7. The van der Waals surface area contributed by atoms with Crippen molar-refractivity contribution >= 4 is 59.4 Å². The van der Waals surface area contributed by atoms with E-state index in [0.717, 1.165) is 24.5 Å². The van der Waals surface area contributed by atoms with Gasteiger partial charge in [0.2, 0.25) is 0 Å². The van der Waals surface area contributed by atoms with Crippen LogP contribution in [-0.2, 0) is 20.9 Å². The first-order chi connectivity index (χ1) is 17.3. The zero-order valence-electron chi connectivity index (χ0n) is 21.3. The van der Waals surface area contributed by atoms with Crippen LogP contribution in [0.3, 0.4) is 0 Å². The second kappa shape index (κ2) is 9.80. The number of carbonyl (C=O) groups is 2. The zero-order chi connectivity index (χ0) is 26.7. The van der Waals surface area contributed by atoms with Crippen LogP contribution in [0.4, 0.5) is 0 Å². The van der Waals surface area contributed by atoms with Crippen LogP contribution in [-0.4, -0.2) is 11.6 Å². The standard InChI is InChI=1S/C30H29Br3O4/c1-29(2)11-21(34)26-23(13-29)37-24-14-30(3,4)12-22(35)27(24)25(26)19-9-18(32)10-20(33)28(19)36-15-16-5-7-17(31)8-6-16/h5-10,25H,11-15H2,1-4H3. The molecule has 2 aromatic carbocycles. The van der Waals surface area contributed by atoms with Crippen LogP contribution in [0.15, 0.2) is 72.5 Å². The highest BCUT2D eigenvalue weighted by atomic mass is 79.9. The molecule has 0 spiro atoms. The van der Waals surface area contributed by atoms with Gasteiger partial charge in [-0.2, -0.15) is 0 Å². The highest BCUT2D eigenvalue weighted by Gasteiger charge is 2.48. The summed E-state index contributed by atoms with van der Waals surface area (Å²) in [5.74, 6) is 1.58. The van der Waals surface area contributed by atoms with Crippen molar-refractivity contribution < 1.29 is 19.1 Å². The minimum absolute atomic E-state index is 0.0374. The predicted molar refractivity (Wildman–Crippen MR) is 154 cm³/mol. The molecular weight excluding hydrogens is 664 g/mol. The molecule has 4 nitrogen and oxygen atoms in total. The average molecular weight is 693 g/mol. The van der Waals surface area contributed by atoms with Gasteiger partial charge in [-0.3, -0.25) is 9.59 Å². The van der Waals surface area contributed by atoms with E-state index in [9.17, 15) is 9.59 Å². The fraction of sp³-hybridized carbons (Fsp3) is 0.400. The number of benzene rings is 2. The molecule has 0 radical (unpaired) electrons. The largest absolute Gasteiger partial charge is 0.487 e. The number of allylic oxidation sites excluding steroid dienone is 4. The molecule has 2 aliphatic carbocycles. The van der Waals surface area contributed by atoms with Crippen molar-refractivity contribution in [2.24, 2.45) is 10.8 Å². The van der Waals surface area contributed by atoms with Crippen LogP contribution in [0.2, 0.25) is 0 Å². The third-order valence-corrected chi connectivity index (χ3v) is 8.80. The van der Waals surface area contributed by atoms with Gasteiger partial charge in [0.1, 0.15) is 23.9 Å². The molecule has 0 bridgehead atoms. The van der Waals surface area contributed by atoms with Gasteiger partial charge < -0.3 is 9.47 Å². The molecule has 0 N–H and O–H groups in total. The van der Waals surface area contributed by atoms with Crippen molar-refractivity contribution in [3.8, 4) is 5.75 Å². The summed E-state index contributed by atoms with van der Waals surface area (Å²) in [5.41, 5.74) is 2.61. The molecule has 0 saturated carbocycles. The highest BCUT2D eigenvalue weighted by Crippen LogP contribution is 2.55. The molecule has 5 rings (SSSR count). The van der Waals surface area contributed by atoms with E-state index in [2.05, 4.69) is 75.5 Å². The summed E-state index contributed by atoms with van der Waals surface area (Å²) in [6, 6.07) is 11.9. The minimum Gasteiger partial charge on any atom is -0.487 e. The molecule has 0 atom stereocenters. The van der Waals surface area contributed by atoms with Crippen LogP contribution in [0.25, 0.3) is 0 Å². The number of hydrogen-bond acceptors (Lipinski definition) is 4. The molecule has 0 amide bonds. The molecule has 1 aliphatic heterocycles. The molecule has 2 aromatic rings. The van der Waals surface area contributed by atoms with Crippen LogP contribution in [0, 0.1) is 10.8 Å². The van der Waals surface area contributed by atoms with Gasteiger partial charge in [-0.15, -0.1) is 0 Å². The van der Waals surface area contributed by atoms with E-state index in [1.807, 2.05) is 36.4 Å². The quantitative estimate of drug-likeness (QED) is 0.321. The van der Waals surface area contributed by atoms with Gasteiger partial charge in [0.05, 0.1) is 10.4 Å². The number of ketones is 2. The average Bonchev–Trinajstić information content (AvgIpc) is 2.76. The molecule has 0 unspecified atom stereocenters. The van der Waals surface area contributed by atoms with E-state index in [0.29, 0.717) is 60.7 Å². The summed E-state index contributed by atoms with van der Waals surface area (Å²) in [5, 5.41) is 0. The summed E-state index contributed by atoms with van der Waals surface area (Å²) in [4.78, 5) is 27.4. The summed E-state index contributed by atoms with van der Waals surface area (Å²) >= 11 is 10.8. The van der Waals surface area contributed by atoms with Crippen molar-refractivity contribution in [2.45, 2.75) is 65.9 Å². The molecule has 194 valence electrons. The third-order valence-electron chi connectivity index (χ3n) is 7.23. The summed E-state index contributed by atoms with van der Waals surface area (Å²) in [6.45, 7) is 8.72. The van der Waals surface area contributed by atoms with E-state index in [1.165, 1.54) is 0 Å². The van der Waals surface area contributed by atoms with Crippen molar-refractivity contribution in [3.05, 3.63) is 83.6 Å². The smallest absolute Gasteiger partial charge is 0.163 e. The van der Waals surface area contributed by atoms with Crippen molar-refractivity contribution in [3.63, 3.8) is 0 Å². The molecule has 0 saturated heterocycles. The number of rotatable bonds is 4. The normalized spacial score (nSPS) is 20.9. The van der Waals surface area contributed by atoms with Crippen molar-refractivity contribution in [2.75, 3.05) is 0 Å². The second-order valence-electron chi connectivity index (χ2n) is 11.8. The van der Waals surface area contributed by atoms with Crippen molar-refractivity contribution in [1.82, 2.24) is 0 Å². The Balaban J connectivity index is 1.67. The summed E-state index contributed by atoms with van der Waals surface area (Å²) in [7, 11) is 0. The van der Waals surface area contributed by atoms with Gasteiger partial charge in [0.15, 0.2) is 11.6 Å². The highest BCUT2D eigenvalue weighted by molar-refractivity contribution is 9.11. The Bertz CT molecular complexity index is 1310. The first kappa shape index (κ1) is 26.9. The lowest BCUT2D eigenvalue weighted by Gasteiger charge is -2.43. The van der Waals surface area contributed by atoms with Gasteiger partial charge in [-0.25, -0.2) is 0 Å². The maximum Gasteiger partial charge on any atom is 0.163 e. The molecule has 7 heteroatoms. The lowest BCUT2D eigenvalue weighted by atomic mass is 9.65. The summed E-state index contributed by atoms with van der Waals surface area (Å²) < 4.78 is 15.5. The van der Waals surface area contributed by atoms with Gasteiger partial charge in [-0.1, -0.05) is 71.7 Å². The molecule has 3 aliphatic rings. The number of ether oxygens (including phenoxy) is 2. The third kappa shape index (κ3) is 5.41. The van der Waals surface area contributed by atoms with Gasteiger partial charge in [0.25, 0.3) is 0 Å². The topological polar surface area (TPSA) is 52.6 Å². The van der Waals surface area contributed by atoms with E-state index < -0.39 is 5.92 Å². The monoisotopic (exact) mass is 690 g/mol. The van der Waals surface area contributed by atoms with Crippen LogP contribution in [0.1, 0.15) is 70.4 Å². The van der Waals surface area contributed by atoms with Crippen LogP contribution >= 0.6 is 47.8 Å². The fourth-order valence-electron chi connectivity index (χ4n) is 5.67. The maximum absolute atomic E-state index is 13.7. The Morgan fingerprint density at radius 3 is 1.89 bits per heavy atom. The van der Waals surface area contributed by atoms with Gasteiger partial charge >= 0.3 is 0 Å². The minimum atomic E-state index is -0.528. The Morgan fingerprint density at radius 1 is 0.811 bits per heavy atom. The first-order valence-corrected chi connectivity index (χ1v) is 14.8. The number of carbonyl (C=O) groups excluding carboxylic acids is 2. The van der Waals surface area contributed by atoms with Gasteiger partial charge in [0, 0.05) is 51.3 Å². The fourth-order valence-corrected chi connectivity index (χ4v) is 7.31. The van der Waals surface area contributed by atoms with Crippen molar-refractivity contribution in [1.29, 1.82) is 0 Å². The van der Waals surface area contributed by atoms with Gasteiger partial charge in [-0.05, 0) is 56.6 Å². The van der Waals surface area contributed by atoms with E-state index >= 15 is 0 Å².